The van der Waals surface area contributed by atoms with E-state index < -0.39 is 14.5 Å². The zero-order valence-corrected chi connectivity index (χ0v) is 12.1. The third-order valence-electron chi connectivity index (χ3n) is 0. The van der Waals surface area contributed by atoms with Crippen LogP contribution in [0.4, 0.5) is 0 Å². The van der Waals surface area contributed by atoms with Gasteiger partial charge in [-0.1, -0.05) is 0 Å². The summed E-state index contributed by atoms with van der Waals surface area (Å²) >= 11 is -5.12. The van der Waals surface area contributed by atoms with Crippen LogP contribution < -0.4 is 0 Å². The third kappa shape index (κ3) is 284. The number of hydrogen-bond acceptors (Lipinski definition) is 1. The van der Waals surface area contributed by atoms with Gasteiger partial charge in [0.2, 0.25) is 0 Å². The Hall–Kier alpha value is 2.08. The van der Waals surface area contributed by atoms with Gasteiger partial charge < -0.3 is 21.9 Å². The molecule has 0 rings (SSSR count). The summed E-state index contributed by atoms with van der Waals surface area (Å²) in [7, 11) is 0. The van der Waals surface area contributed by atoms with E-state index in [2.05, 4.69) is 0 Å². The molecule has 0 unspecified atom stereocenters. The minimum absolute atomic E-state index is 0. The molecule has 11 N–H and O–H groups in total. The Bertz CT molecular complexity index is 58.2. The van der Waals surface area contributed by atoms with Crippen molar-refractivity contribution in [3.8, 4) is 0 Å². The molecule has 0 saturated heterocycles. The molecule has 0 heterocycles. The molecule has 0 fully saturated rings. The molecule has 0 aliphatic rings. The Balaban J connectivity index is -0.00000000533. The molecule has 0 spiro atoms. The molecule has 11 heavy (non-hydrogen) atoms. The second kappa shape index (κ2) is 22.7. The van der Waals surface area contributed by atoms with Crippen LogP contribution >= 0.6 is 0 Å². The Kier molecular flexibility index (Phi) is 107. The summed E-state index contributed by atoms with van der Waals surface area (Å²) in [5, 5.41) is 0. The fourth-order valence-electron chi connectivity index (χ4n) is 0. The monoisotopic (exact) mass is 260 g/mol. The van der Waals surface area contributed by atoms with Crippen LogP contribution in [0, 0.1) is 0 Å². The van der Waals surface area contributed by atoms with Crippen molar-refractivity contribution in [2.75, 3.05) is 0 Å². The first-order chi connectivity index (χ1) is 2.00. The van der Waals surface area contributed by atoms with Gasteiger partial charge >= 0.3 is 30.5 Å². The predicted octanol–water partition coefficient (Wildman–Crippen LogP) is -6.23. The molecule has 0 aromatic carbocycles. The van der Waals surface area contributed by atoms with Crippen molar-refractivity contribution >= 4 is 73.6 Å². The van der Waals surface area contributed by atoms with Gasteiger partial charge in [-0.15, -0.1) is 0 Å². The van der Waals surface area contributed by atoms with Crippen LogP contribution in [0.2, 0.25) is 0 Å². The molecule has 0 aliphatic heterocycles. The van der Waals surface area contributed by atoms with Crippen molar-refractivity contribution < 1.29 is 37.9 Å². The summed E-state index contributed by atoms with van der Waals surface area (Å²) in [5.74, 6) is 0. The summed E-state index contributed by atoms with van der Waals surface area (Å²) in [4.78, 5) is 0. The molecule has 0 bridgehead atoms. The van der Waals surface area contributed by atoms with Gasteiger partial charge in [0.1, 0.15) is 0 Å². The Morgan fingerprint density at radius 2 is 0.727 bits per heavy atom. The van der Waals surface area contributed by atoms with Crippen molar-refractivity contribution in [1.29, 1.82) is 0 Å². The van der Waals surface area contributed by atoms with Crippen molar-refractivity contribution in [3.63, 3.8) is 0 Å². The van der Waals surface area contributed by atoms with E-state index >= 15 is 0 Å². The SMILES string of the molecule is O.O.O.O.O=[As](O)(O)O.[Na].[Na]. The van der Waals surface area contributed by atoms with Gasteiger partial charge in [0.15, 0.2) is 0 Å². The van der Waals surface area contributed by atoms with E-state index in [1.54, 1.807) is 0 Å². The predicted molar refractivity (Wildman–Crippen MR) is 39.1 cm³/mol. The molecule has 8 nitrogen and oxygen atoms in total. The van der Waals surface area contributed by atoms with Gasteiger partial charge in [-0.3, -0.25) is 0 Å². The summed E-state index contributed by atoms with van der Waals surface area (Å²) in [5.41, 5.74) is 0. The average Bonchev–Trinajstić information content (AvgIpc) is 0.722. The molecule has 2 radical (unpaired) electrons. The average molecular weight is 260 g/mol. The molecular formula is H11AsNa2O8. The second-order valence-electron chi connectivity index (χ2n) is 0.513. The maximum atomic E-state index is 8.94. The largest absolute Gasteiger partial charge is 0 e. The van der Waals surface area contributed by atoms with Crippen LogP contribution in [0.5, 0.6) is 0 Å². The van der Waals surface area contributed by atoms with E-state index in [1.807, 2.05) is 0 Å². The van der Waals surface area contributed by atoms with Gasteiger partial charge in [-0.05, 0) is 0 Å². The zero-order chi connectivity index (χ0) is 4.50. The van der Waals surface area contributed by atoms with E-state index in [0.717, 1.165) is 0 Å². The fourth-order valence-corrected chi connectivity index (χ4v) is 0. The molecule has 0 aromatic rings. The minimum Gasteiger partial charge on any atom is 0 e. The van der Waals surface area contributed by atoms with Gasteiger partial charge in [-0.2, -0.15) is 0 Å². The fraction of sp³-hybridized carbons (Fsp3) is 0. The summed E-state index contributed by atoms with van der Waals surface area (Å²) in [6.07, 6.45) is 0. The molecule has 0 atom stereocenters. The summed E-state index contributed by atoms with van der Waals surface area (Å²) in [6.45, 7) is 0. The van der Waals surface area contributed by atoms with Crippen molar-refractivity contribution in [3.05, 3.63) is 0 Å². The first-order valence-corrected chi connectivity index (χ1v) is 4.07. The van der Waals surface area contributed by atoms with Crippen molar-refractivity contribution in [2.24, 2.45) is 0 Å². The van der Waals surface area contributed by atoms with Crippen LogP contribution in [-0.2, 0) is 3.74 Å². The van der Waals surface area contributed by atoms with E-state index in [1.165, 1.54) is 0 Å². The van der Waals surface area contributed by atoms with Crippen LogP contribution in [0.3, 0.4) is 0 Å². The molecule has 0 aromatic heterocycles. The van der Waals surface area contributed by atoms with Crippen LogP contribution in [0.1, 0.15) is 0 Å². The Labute approximate surface area is 110 Å². The van der Waals surface area contributed by atoms with Gasteiger partial charge in [0.25, 0.3) is 0 Å². The van der Waals surface area contributed by atoms with Crippen molar-refractivity contribution in [2.45, 2.75) is 0 Å². The Morgan fingerprint density at radius 3 is 0.727 bits per heavy atom. The van der Waals surface area contributed by atoms with Crippen LogP contribution in [-0.4, -0.2) is 108 Å². The molecule has 0 amide bonds. The molecular weight excluding hydrogens is 249 g/mol. The molecule has 0 saturated carbocycles. The molecule has 0 aliphatic carbocycles. The number of rotatable bonds is 0. The van der Waals surface area contributed by atoms with E-state index in [-0.39, 0.29) is 81.0 Å². The standard InChI is InChI=1S/AsH3O4.2Na.4H2O/c2-1(3,4)5;;;;;;/h(H3,2,3,4,5);;;4*1H2. The maximum absolute atomic E-state index is 8.94. The quantitative estimate of drug-likeness (QED) is 0.363. The first-order valence-electron chi connectivity index (χ1n) is 0.783. The van der Waals surface area contributed by atoms with Gasteiger partial charge in [0.05, 0.1) is 0 Å². The van der Waals surface area contributed by atoms with Gasteiger partial charge in [0, 0.05) is 59.1 Å². The molecule has 66 valence electrons. The zero-order valence-electron chi connectivity index (χ0n) is 6.20. The number of hydrogen-bond donors (Lipinski definition) is 3. The van der Waals surface area contributed by atoms with E-state index in [0.29, 0.717) is 0 Å². The molecule has 11 heteroatoms. The minimum atomic E-state index is -5.12. The maximum Gasteiger partial charge on any atom is 0 e. The topological polar surface area (TPSA) is 204 Å². The van der Waals surface area contributed by atoms with Gasteiger partial charge in [-0.25, -0.2) is 0 Å². The summed E-state index contributed by atoms with van der Waals surface area (Å²) < 4.78 is 30.7. The van der Waals surface area contributed by atoms with Crippen LogP contribution in [0.15, 0.2) is 0 Å². The van der Waals surface area contributed by atoms with E-state index in [4.69, 9.17) is 16.0 Å². The Morgan fingerprint density at radius 1 is 0.727 bits per heavy atom. The van der Waals surface area contributed by atoms with Crippen LogP contribution in [0.25, 0.3) is 0 Å². The first kappa shape index (κ1) is 51.6. The summed E-state index contributed by atoms with van der Waals surface area (Å²) in [6, 6.07) is 0. The normalized spacial score (nSPS) is 5.36. The van der Waals surface area contributed by atoms with Crippen molar-refractivity contribution in [1.82, 2.24) is 0 Å². The third-order valence-corrected chi connectivity index (χ3v) is 0. The smallest absolute Gasteiger partial charge is 0 e. The van der Waals surface area contributed by atoms with E-state index in [9.17, 15) is 0 Å². The second-order valence-corrected chi connectivity index (χ2v) is 2.67.